The SMILES string of the molecule is C[C@@]1(Cn2ccnn2)S[C@@H]2N(C(=O)[C@@]2(CC(Cl)(Cl)Cl)C(=O)Cc2ccccc2)[C@H]1C(=O)ON. The molecule has 1 aromatic heterocycles. The number of halogens is 3. The highest BCUT2D eigenvalue weighted by molar-refractivity contribution is 8.01. The lowest BCUT2D eigenvalue weighted by Gasteiger charge is -2.53. The van der Waals surface area contributed by atoms with Crippen molar-refractivity contribution in [2.75, 3.05) is 0 Å². The van der Waals surface area contributed by atoms with Crippen molar-refractivity contribution < 1.29 is 19.2 Å². The maximum absolute atomic E-state index is 13.6. The second-order valence-electron chi connectivity index (χ2n) is 8.28. The monoisotopic (exact) mass is 531 g/mol. The zero-order chi connectivity index (χ0) is 24.0. The first-order valence-corrected chi connectivity index (χ1v) is 11.9. The summed E-state index contributed by atoms with van der Waals surface area (Å²) in [5.41, 5.74) is -0.900. The zero-order valence-electron chi connectivity index (χ0n) is 17.4. The molecule has 2 aliphatic heterocycles. The molecule has 9 nitrogen and oxygen atoms in total. The molecule has 4 atom stereocenters. The molecule has 4 rings (SSSR count). The van der Waals surface area contributed by atoms with Crippen molar-refractivity contribution in [3.8, 4) is 0 Å². The van der Waals surface area contributed by atoms with Crippen LogP contribution in [0.15, 0.2) is 42.7 Å². The minimum absolute atomic E-state index is 0.0238. The van der Waals surface area contributed by atoms with E-state index in [1.54, 1.807) is 37.4 Å². The molecule has 2 N–H and O–H groups in total. The molecule has 1 aromatic carbocycles. The summed E-state index contributed by atoms with van der Waals surface area (Å²) in [5, 5.41) is 6.98. The van der Waals surface area contributed by atoms with E-state index in [1.165, 1.54) is 27.5 Å². The highest BCUT2D eigenvalue weighted by Crippen LogP contribution is 2.63. The molecule has 13 heteroatoms. The smallest absolute Gasteiger partial charge is 0.348 e. The van der Waals surface area contributed by atoms with Gasteiger partial charge in [-0.25, -0.2) is 4.79 Å². The van der Waals surface area contributed by atoms with Gasteiger partial charge in [0, 0.05) is 19.0 Å². The molecule has 2 saturated heterocycles. The summed E-state index contributed by atoms with van der Waals surface area (Å²) in [6.07, 6.45) is 2.77. The summed E-state index contributed by atoms with van der Waals surface area (Å²) >= 11 is 19.6. The Morgan fingerprint density at radius 3 is 2.55 bits per heavy atom. The number of β-lactam (4-membered cyclic amide) rings is 1. The molecule has 0 unspecified atom stereocenters. The topological polar surface area (TPSA) is 120 Å². The lowest BCUT2D eigenvalue weighted by Crippen LogP contribution is -2.73. The number of Topliss-reactive ketones (excluding diaryl/α,β-unsaturated/α-hetero) is 1. The first-order valence-electron chi connectivity index (χ1n) is 9.91. The number of hydrogen-bond donors (Lipinski definition) is 1. The summed E-state index contributed by atoms with van der Waals surface area (Å²) in [5.74, 6) is 3.41. The molecule has 0 radical (unpaired) electrons. The number of benzene rings is 1. The molecule has 1 amide bonds. The Hall–Kier alpha value is -1.85. The number of carbonyl (C=O) groups excluding carboxylic acids is 3. The van der Waals surface area contributed by atoms with E-state index in [0.29, 0.717) is 0 Å². The Labute approximate surface area is 208 Å². The predicted molar refractivity (Wildman–Crippen MR) is 123 cm³/mol. The number of carbonyl (C=O) groups is 3. The maximum atomic E-state index is 13.6. The summed E-state index contributed by atoms with van der Waals surface area (Å²) in [7, 11) is 0. The van der Waals surface area contributed by atoms with Crippen LogP contribution in [-0.4, -0.2) is 57.5 Å². The van der Waals surface area contributed by atoms with E-state index in [1.807, 2.05) is 6.07 Å². The normalized spacial score (nSPS) is 28.9. The molecular formula is C20H20Cl3N5O4S. The van der Waals surface area contributed by atoms with Crippen LogP contribution >= 0.6 is 46.6 Å². The highest BCUT2D eigenvalue weighted by Gasteiger charge is 2.75. The number of nitrogens with zero attached hydrogens (tertiary/aromatic N) is 4. The van der Waals surface area contributed by atoms with Crippen LogP contribution in [0.25, 0.3) is 0 Å². The van der Waals surface area contributed by atoms with E-state index in [0.717, 1.165) is 5.56 Å². The predicted octanol–water partition coefficient (Wildman–Crippen LogP) is 2.30. The van der Waals surface area contributed by atoms with Gasteiger partial charge in [0.05, 0.1) is 17.5 Å². The molecule has 0 saturated carbocycles. The van der Waals surface area contributed by atoms with Gasteiger partial charge in [0.2, 0.25) is 5.91 Å². The number of hydrogen-bond acceptors (Lipinski definition) is 8. The summed E-state index contributed by atoms with van der Waals surface area (Å²) in [6, 6.07) is 7.92. The van der Waals surface area contributed by atoms with E-state index >= 15 is 0 Å². The van der Waals surface area contributed by atoms with Crippen LogP contribution in [0.3, 0.4) is 0 Å². The largest absolute Gasteiger partial charge is 0.372 e. The van der Waals surface area contributed by atoms with E-state index in [4.69, 9.17) is 40.7 Å². The van der Waals surface area contributed by atoms with Crippen molar-refractivity contribution in [2.24, 2.45) is 11.3 Å². The number of amides is 1. The van der Waals surface area contributed by atoms with E-state index in [-0.39, 0.29) is 25.2 Å². The molecule has 33 heavy (non-hydrogen) atoms. The number of alkyl halides is 3. The third kappa shape index (κ3) is 4.23. The van der Waals surface area contributed by atoms with Crippen LogP contribution in [-0.2, 0) is 32.2 Å². The molecule has 2 aliphatic rings. The van der Waals surface area contributed by atoms with Gasteiger partial charge in [-0.2, -0.15) is 5.90 Å². The standard InChI is InChI=1S/C20H20Cl3N5O4S/c1-18(11-27-8-7-25-26-27)14(15(30)32-24)28-16(31)19(17(28)33-18,10-20(21,22)23)13(29)9-12-5-3-2-4-6-12/h2-8,14,17H,9-11,24H2,1H3/t14-,17-,18-,19+/m0/s1. The number of ketones is 1. The lowest BCUT2D eigenvalue weighted by atomic mass is 9.69. The van der Waals surface area contributed by atoms with Gasteiger partial charge >= 0.3 is 5.97 Å². The second kappa shape index (κ2) is 8.74. The Morgan fingerprint density at radius 2 is 1.97 bits per heavy atom. The molecule has 176 valence electrons. The fraction of sp³-hybridized carbons (Fsp3) is 0.450. The van der Waals surface area contributed by atoms with E-state index in [2.05, 4.69) is 15.1 Å². The molecule has 2 aromatic rings. The van der Waals surface area contributed by atoms with Crippen molar-refractivity contribution in [1.82, 2.24) is 19.9 Å². The quantitative estimate of drug-likeness (QED) is 0.250. The van der Waals surface area contributed by atoms with E-state index < -0.39 is 37.2 Å². The average Bonchev–Trinajstić information content (AvgIpc) is 3.36. The first kappa shape index (κ1) is 24.3. The number of aromatic nitrogens is 3. The minimum atomic E-state index is -1.87. The summed E-state index contributed by atoms with van der Waals surface area (Å²) in [4.78, 5) is 45.8. The first-order chi connectivity index (χ1) is 15.5. The minimum Gasteiger partial charge on any atom is -0.372 e. The number of rotatable bonds is 7. The van der Waals surface area contributed by atoms with Crippen LogP contribution in [0.2, 0.25) is 0 Å². The molecule has 3 heterocycles. The van der Waals surface area contributed by atoms with Gasteiger partial charge in [0.1, 0.15) is 16.8 Å². The van der Waals surface area contributed by atoms with Gasteiger partial charge in [-0.05, 0) is 12.5 Å². The average molecular weight is 533 g/mol. The summed E-state index contributed by atoms with van der Waals surface area (Å²) in [6.45, 7) is 1.97. The van der Waals surface area contributed by atoms with Crippen molar-refractivity contribution in [2.45, 2.75) is 46.3 Å². The third-order valence-corrected chi connectivity index (χ3v) is 8.14. The fourth-order valence-corrected chi connectivity index (χ4v) is 7.14. The van der Waals surface area contributed by atoms with Gasteiger partial charge in [0.25, 0.3) is 0 Å². The Balaban J connectivity index is 1.73. The van der Waals surface area contributed by atoms with E-state index in [9.17, 15) is 14.4 Å². The van der Waals surface area contributed by atoms with Gasteiger partial charge < -0.3 is 9.74 Å². The zero-order valence-corrected chi connectivity index (χ0v) is 20.4. The van der Waals surface area contributed by atoms with Crippen LogP contribution < -0.4 is 5.90 Å². The molecule has 0 aliphatic carbocycles. The van der Waals surface area contributed by atoms with Crippen molar-refractivity contribution in [3.63, 3.8) is 0 Å². The molecular weight excluding hydrogens is 513 g/mol. The maximum Gasteiger partial charge on any atom is 0.348 e. The van der Waals surface area contributed by atoms with Gasteiger partial charge in [-0.15, -0.1) is 16.9 Å². The highest BCUT2D eigenvalue weighted by atomic mass is 35.6. The number of fused-ring (bicyclic) bond motifs is 1. The fourth-order valence-electron chi connectivity index (χ4n) is 4.60. The van der Waals surface area contributed by atoms with Crippen molar-refractivity contribution in [3.05, 3.63) is 48.3 Å². The van der Waals surface area contributed by atoms with Gasteiger partial charge in [-0.3, -0.25) is 14.3 Å². The number of thioether (sulfide) groups is 1. The van der Waals surface area contributed by atoms with Crippen LogP contribution in [0, 0.1) is 5.41 Å². The Morgan fingerprint density at radius 1 is 1.27 bits per heavy atom. The number of nitrogens with two attached hydrogens (primary N) is 1. The van der Waals surface area contributed by atoms with Crippen molar-refractivity contribution in [1.29, 1.82) is 0 Å². The molecule has 0 bridgehead atoms. The Bertz CT molecular complexity index is 1070. The summed E-state index contributed by atoms with van der Waals surface area (Å²) < 4.78 is -1.28. The third-order valence-electron chi connectivity index (χ3n) is 6.00. The Kier molecular flexibility index (Phi) is 6.43. The molecule has 2 fully saturated rings. The lowest BCUT2D eigenvalue weighted by molar-refractivity contribution is -0.180. The van der Waals surface area contributed by atoms with Crippen LogP contribution in [0.5, 0.6) is 0 Å². The molecule has 0 spiro atoms. The van der Waals surface area contributed by atoms with Gasteiger partial charge in [0.15, 0.2) is 9.58 Å². The van der Waals surface area contributed by atoms with Gasteiger partial charge in [-0.1, -0.05) is 70.3 Å². The van der Waals surface area contributed by atoms with Crippen LogP contribution in [0.1, 0.15) is 18.9 Å². The second-order valence-corrected chi connectivity index (χ2v) is 12.4. The van der Waals surface area contributed by atoms with Crippen LogP contribution in [0.4, 0.5) is 0 Å². The van der Waals surface area contributed by atoms with Crippen molar-refractivity contribution >= 4 is 64.2 Å².